The summed E-state index contributed by atoms with van der Waals surface area (Å²) in [7, 11) is 0. The molecule has 1 amide bonds. The summed E-state index contributed by atoms with van der Waals surface area (Å²) < 4.78 is 1.64. The van der Waals surface area contributed by atoms with Crippen LogP contribution in [-0.2, 0) is 17.9 Å². The molecule has 116 valence electrons. The molecule has 0 aliphatic heterocycles. The van der Waals surface area contributed by atoms with E-state index < -0.39 is 12.0 Å². The lowest BCUT2D eigenvalue weighted by atomic mass is 10.1. The Balaban J connectivity index is 2.27. The van der Waals surface area contributed by atoms with Gasteiger partial charge in [-0.1, -0.05) is 30.3 Å². The molecule has 1 heterocycles. The summed E-state index contributed by atoms with van der Waals surface area (Å²) in [5, 5.41) is 13.3. The van der Waals surface area contributed by atoms with Gasteiger partial charge in [0.2, 0.25) is 0 Å². The minimum atomic E-state index is -1.04. The van der Waals surface area contributed by atoms with Crippen LogP contribution in [0.5, 0.6) is 0 Å². The molecular weight excluding hydrogens is 282 g/mol. The van der Waals surface area contributed by atoms with Gasteiger partial charge in [-0.3, -0.25) is 9.48 Å². The van der Waals surface area contributed by atoms with Gasteiger partial charge in [0.25, 0.3) is 5.91 Å². The van der Waals surface area contributed by atoms with Crippen LogP contribution >= 0.6 is 0 Å². The average molecular weight is 301 g/mol. The third kappa shape index (κ3) is 3.52. The molecule has 22 heavy (non-hydrogen) atoms. The average Bonchev–Trinajstić information content (AvgIpc) is 3.01. The molecule has 6 heteroatoms. The largest absolute Gasteiger partial charge is 0.480 e. The molecule has 2 aromatic rings. The van der Waals surface area contributed by atoms with Crippen molar-refractivity contribution in [3.63, 3.8) is 0 Å². The number of rotatable bonds is 6. The normalized spacial score (nSPS) is 11.9. The summed E-state index contributed by atoms with van der Waals surface area (Å²) in [4.78, 5) is 25.3. The van der Waals surface area contributed by atoms with Gasteiger partial charge in [-0.25, -0.2) is 4.79 Å². The molecule has 2 rings (SSSR count). The van der Waals surface area contributed by atoms with Gasteiger partial charge in [-0.05, 0) is 19.4 Å². The Morgan fingerprint density at radius 2 is 2.00 bits per heavy atom. The second kappa shape index (κ2) is 6.89. The van der Waals surface area contributed by atoms with Crippen LogP contribution < -0.4 is 0 Å². The molecule has 1 aromatic carbocycles. The number of amides is 1. The predicted molar refractivity (Wildman–Crippen MR) is 81.3 cm³/mol. The Labute approximate surface area is 129 Å². The van der Waals surface area contributed by atoms with Crippen LogP contribution in [0.1, 0.15) is 29.8 Å². The van der Waals surface area contributed by atoms with E-state index in [0.29, 0.717) is 12.1 Å². The molecule has 0 spiro atoms. The smallest absolute Gasteiger partial charge is 0.326 e. The standard InChI is InChI=1S/C16H19N3O3/c1-3-18-11-14(9-17-18)15(20)19(12(2)16(21)22)10-13-7-5-4-6-8-13/h4-9,11-12H,3,10H2,1-2H3,(H,21,22). The van der Waals surface area contributed by atoms with E-state index in [1.54, 1.807) is 10.9 Å². The van der Waals surface area contributed by atoms with Gasteiger partial charge in [-0.2, -0.15) is 5.10 Å². The van der Waals surface area contributed by atoms with E-state index in [4.69, 9.17) is 0 Å². The molecule has 1 atom stereocenters. The molecule has 0 aliphatic rings. The fraction of sp³-hybridized carbons (Fsp3) is 0.312. The van der Waals surface area contributed by atoms with E-state index in [1.165, 1.54) is 18.0 Å². The van der Waals surface area contributed by atoms with Crippen molar-refractivity contribution < 1.29 is 14.7 Å². The first-order valence-corrected chi connectivity index (χ1v) is 7.13. The molecular formula is C16H19N3O3. The molecule has 0 saturated carbocycles. The molecule has 1 aromatic heterocycles. The second-order valence-corrected chi connectivity index (χ2v) is 5.02. The Morgan fingerprint density at radius 1 is 1.32 bits per heavy atom. The number of aryl methyl sites for hydroxylation is 1. The highest BCUT2D eigenvalue weighted by atomic mass is 16.4. The monoisotopic (exact) mass is 301 g/mol. The molecule has 0 fully saturated rings. The van der Waals surface area contributed by atoms with Gasteiger partial charge in [-0.15, -0.1) is 0 Å². The third-order valence-corrected chi connectivity index (χ3v) is 3.49. The van der Waals surface area contributed by atoms with Crippen molar-refractivity contribution in [3.05, 3.63) is 53.9 Å². The van der Waals surface area contributed by atoms with Gasteiger partial charge in [0, 0.05) is 19.3 Å². The maximum absolute atomic E-state index is 12.6. The molecule has 0 saturated heterocycles. The van der Waals surface area contributed by atoms with Crippen molar-refractivity contribution in [2.45, 2.75) is 33.0 Å². The number of aliphatic carboxylic acids is 1. The summed E-state index contributed by atoms with van der Waals surface area (Å²) in [6, 6.07) is 8.41. The number of hydrogen-bond donors (Lipinski definition) is 1. The Morgan fingerprint density at radius 3 is 2.55 bits per heavy atom. The lowest BCUT2D eigenvalue weighted by Gasteiger charge is -2.26. The quantitative estimate of drug-likeness (QED) is 0.885. The van der Waals surface area contributed by atoms with Gasteiger partial charge in [0.15, 0.2) is 0 Å². The highest BCUT2D eigenvalue weighted by molar-refractivity contribution is 5.96. The Kier molecular flexibility index (Phi) is 4.93. The van der Waals surface area contributed by atoms with Gasteiger partial charge >= 0.3 is 5.97 Å². The van der Waals surface area contributed by atoms with Gasteiger partial charge in [0.1, 0.15) is 6.04 Å². The third-order valence-electron chi connectivity index (χ3n) is 3.49. The van der Waals surface area contributed by atoms with E-state index in [2.05, 4.69) is 5.10 Å². The number of carbonyl (C=O) groups excluding carboxylic acids is 1. The fourth-order valence-electron chi connectivity index (χ4n) is 2.11. The lowest BCUT2D eigenvalue weighted by Crippen LogP contribution is -2.42. The van der Waals surface area contributed by atoms with Gasteiger partial charge in [0.05, 0.1) is 11.8 Å². The van der Waals surface area contributed by atoms with E-state index in [9.17, 15) is 14.7 Å². The van der Waals surface area contributed by atoms with E-state index in [1.807, 2.05) is 37.3 Å². The first-order chi connectivity index (χ1) is 10.5. The van der Waals surface area contributed by atoms with Crippen molar-refractivity contribution in [1.29, 1.82) is 0 Å². The van der Waals surface area contributed by atoms with Crippen LogP contribution in [0.15, 0.2) is 42.7 Å². The zero-order valence-corrected chi connectivity index (χ0v) is 12.6. The van der Waals surface area contributed by atoms with Crippen molar-refractivity contribution in [2.24, 2.45) is 0 Å². The summed E-state index contributed by atoms with van der Waals surface area (Å²) in [6.07, 6.45) is 3.10. The number of benzene rings is 1. The van der Waals surface area contributed by atoms with Crippen LogP contribution in [-0.4, -0.2) is 37.7 Å². The lowest BCUT2D eigenvalue weighted by molar-refractivity contribution is -0.141. The van der Waals surface area contributed by atoms with Crippen LogP contribution in [0.25, 0.3) is 0 Å². The van der Waals surface area contributed by atoms with Crippen LogP contribution in [0, 0.1) is 0 Å². The maximum Gasteiger partial charge on any atom is 0.326 e. The number of carboxylic acid groups (broad SMARTS) is 1. The number of carbonyl (C=O) groups is 2. The molecule has 0 bridgehead atoms. The minimum Gasteiger partial charge on any atom is -0.480 e. The summed E-state index contributed by atoms with van der Waals surface area (Å²) >= 11 is 0. The first-order valence-electron chi connectivity index (χ1n) is 7.13. The fourth-order valence-corrected chi connectivity index (χ4v) is 2.11. The highest BCUT2D eigenvalue weighted by Crippen LogP contribution is 2.13. The Bertz CT molecular complexity index is 652. The van der Waals surface area contributed by atoms with Crippen molar-refractivity contribution in [2.75, 3.05) is 0 Å². The van der Waals surface area contributed by atoms with Crippen molar-refractivity contribution >= 4 is 11.9 Å². The summed E-state index contributed by atoms with van der Waals surface area (Å²) in [5.41, 5.74) is 1.28. The number of nitrogens with zero attached hydrogens (tertiary/aromatic N) is 3. The number of carboxylic acids is 1. The van der Waals surface area contributed by atoms with E-state index >= 15 is 0 Å². The highest BCUT2D eigenvalue weighted by Gasteiger charge is 2.27. The topological polar surface area (TPSA) is 75.4 Å². The molecule has 1 unspecified atom stereocenters. The van der Waals surface area contributed by atoms with Crippen LogP contribution in [0.4, 0.5) is 0 Å². The van der Waals surface area contributed by atoms with E-state index in [0.717, 1.165) is 5.56 Å². The SMILES string of the molecule is CCn1cc(C(=O)N(Cc2ccccc2)C(C)C(=O)O)cn1. The number of hydrogen-bond acceptors (Lipinski definition) is 3. The molecule has 6 nitrogen and oxygen atoms in total. The molecule has 0 aliphatic carbocycles. The molecule has 1 N–H and O–H groups in total. The molecule has 0 radical (unpaired) electrons. The summed E-state index contributed by atoms with van der Waals surface area (Å²) in [6.45, 7) is 4.32. The number of aromatic nitrogens is 2. The van der Waals surface area contributed by atoms with Crippen LogP contribution in [0.2, 0.25) is 0 Å². The Hall–Kier alpha value is -2.63. The zero-order valence-electron chi connectivity index (χ0n) is 12.6. The van der Waals surface area contributed by atoms with Crippen molar-refractivity contribution in [1.82, 2.24) is 14.7 Å². The first kappa shape index (κ1) is 15.8. The second-order valence-electron chi connectivity index (χ2n) is 5.02. The predicted octanol–water partition coefficient (Wildman–Crippen LogP) is 2.02. The summed E-state index contributed by atoms with van der Waals surface area (Å²) in [5.74, 6) is -1.37. The van der Waals surface area contributed by atoms with E-state index in [-0.39, 0.29) is 12.5 Å². The zero-order chi connectivity index (χ0) is 16.1. The minimum absolute atomic E-state index is 0.241. The van der Waals surface area contributed by atoms with Crippen molar-refractivity contribution in [3.8, 4) is 0 Å². The van der Waals surface area contributed by atoms with Crippen LogP contribution in [0.3, 0.4) is 0 Å². The van der Waals surface area contributed by atoms with Gasteiger partial charge < -0.3 is 10.0 Å². The maximum atomic E-state index is 12.6.